The minimum absolute atomic E-state index is 0.111. The highest BCUT2D eigenvalue weighted by molar-refractivity contribution is 6.06. The first-order valence-corrected chi connectivity index (χ1v) is 15.1. The fraction of sp³-hybridized carbons (Fsp3) is 0.294. The fourth-order valence-corrected chi connectivity index (χ4v) is 4.15. The Labute approximate surface area is 264 Å². The number of aromatic amines is 1. The first-order chi connectivity index (χ1) is 22.0. The van der Waals surface area contributed by atoms with E-state index in [1.807, 2.05) is 73.7 Å². The molecule has 11 heteroatoms. The average molecular weight is 611 g/mol. The lowest BCUT2D eigenvalue weighted by Gasteiger charge is -2.16. The van der Waals surface area contributed by atoms with Crippen molar-refractivity contribution >= 4 is 40.0 Å². The second kappa shape index (κ2) is 18.0. The number of amides is 1. The van der Waals surface area contributed by atoms with Crippen LogP contribution in [0.15, 0.2) is 106 Å². The highest BCUT2D eigenvalue weighted by Crippen LogP contribution is 2.18. The predicted octanol–water partition coefficient (Wildman–Crippen LogP) is 5.56. The van der Waals surface area contributed by atoms with Gasteiger partial charge in [-0.25, -0.2) is 0 Å². The number of amidine groups is 1. The molecular formula is C34H42N8O3. The number of nitrogens with one attached hydrogen (secondary N) is 5. The molecule has 0 atom stereocenters. The van der Waals surface area contributed by atoms with E-state index in [1.165, 1.54) is 0 Å². The summed E-state index contributed by atoms with van der Waals surface area (Å²) < 4.78 is 11.2. The number of carbonyl (C=O) groups is 1. The van der Waals surface area contributed by atoms with Gasteiger partial charge in [0, 0.05) is 28.9 Å². The van der Waals surface area contributed by atoms with Gasteiger partial charge in [-0.05, 0) is 68.3 Å². The third kappa shape index (κ3) is 11.2. The number of guanidine groups is 1. The average Bonchev–Trinajstić information content (AvgIpc) is 3.53. The number of para-hydroxylation sites is 1. The molecule has 0 aliphatic rings. The van der Waals surface area contributed by atoms with Gasteiger partial charge in [-0.15, -0.1) is 0 Å². The maximum absolute atomic E-state index is 12.0. The van der Waals surface area contributed by atoms with Crippen molar-refractivity contribution in [2.24, 2.45) is 9.98 Å². The molecule has 11 nitrogen and oxygen atoms in total. The smallest absolute Gasteiger partial charge is 0.251 e. The molecule has 0 saturated carbocycles. The van der Waals surface area contributed by atoms with Crippen molar-refractivity contribution in [1.82, 2.24) is 20.8 Å². The van der Waals surface area contributed by atoms with Gasteiger partial charge >= 0.3 is 0 Å². The number of benzene rings is 3. The number of hydrogen-bond donors (Lipinski definition) is 5. The highest BCUT2D eigenvalue weighted by Gasteiger charge is 2.09. The van der Waals surface area contributed by atoms with Gasteiger partial charge < -0.3 is 30.7 Å². The van der Waals surface area contributed by atoms with Crippen LogP contribution < -0.4 is 21.3 Å². The normalized spacial score (nSPS) is 12.5. The lowest BCUT2D eigenvalue weighted by Crippen LogP contribution is -2.35. The van der Waals surface area contributed by atoms with Crippen LogP contribution >= 0.6 is 0 Å². The Morgan fingerprint density at radius 1 is 0.867 bits per heavy atom. The molecule has 1 aromatic heterocycles. The third-order valence-electron chi connectivity index (χ3n) is 6.72. The number of carbonyl (C=O) groups excluding carboxylic acids is 1. The molecule has 0 aliphatic carbocycles. The molecule has 0 radical (unpaired) electrons. The first kappa shape index (κ1) is 32.9. The van der Waals surface area contributed by atoms with Gasteiger partial charge in [0.1, 0.15) is 5.82 Å². The minimum Gasteiger partial charge on any atom is -0.377 e. The standard InChI is InChI=1S/C34H42N8O3/c1-4-25(2)32(39-29-13-9-6-10-14-29)41-34(40-30-16-15-28-24-37-42-31(28)23-30)38-26(3)35-17-19-44-21-22-45-20-18-36-33(43)27-11-7-5-8-12-27/h5-16,23-24,39H,4,17-22H2,1-3H3,(H,36,43)(H,37,42)(H2,35,38,40,41)/b32-25+. The van der Waals surface area contributed by atoms with E-state index in [0.29, 0.717) is 56.9 Å². The summed E-state index contributed by atoms with van der Waals surface area (Å²) in [6.07, 6.45) is 2.63. The van der Waals surface area contributed by atoms with Crippen LogP contribution in [0.4, 0.5) is 11.4 Å². The Morgan fingerprint density at radius 2 is 1.60 bits per heavy atom. The predicted molar refractivity (Wildman–Crippen MR) is 182 cm³/mol. The van der Waals surface area contributed by atoms with Gasteiger partial charge in [0.05, 0.1) is 50.5 Å². The zero-order chi connectivity index (χ0) is 31.7. The monoisotopic (exact) mass is 610 g/mol. The molecule has 4 aromatic rings. The fourth-order valence-electron chi connectivity index (χ4n) is 4.15. The largest absolute Gasteiger partial charge is 0.377 e. The van der Waals surface area contributed by atoms with Crippen LogP contribution in [0.2, 0.25) is 0 Å². The van der Waals surface area contributed by atoms with E-state index in [2.05, 4.69) is 50.3 Å². The Morgan fingerprint density at radius 3 is 2.36 bits per heavy atom. The maximum atomic E-state index is 12.0. The number of fused-ring (bicyclic) bond motifs is 1. The Kier molecular flexibility index (Phi) is 13.1. The van der Waals surface area contributed by atoms with Crippen molar-refractivity contribution in [2.45, 2.75) is 27.2 Å². The van der Waals surface area contributed by atoms with E-state index in [0.717, 1.165) is 40.1 Å². The van der Waals surface area contributed by atoms with E-state index in [4.69, 9.17) is 14.5 Å². The van der Waals surface area contributed by atoms with Crippen LogP contribution in [0.5, 0.6) is 0 Å². The molecule has 3 aromatic carbocycles. The van der Waals surface area contributed by atoms with Crippen LogP contribution in [-0.2, 0) is 9.47 Å². The molecule has 0 unspecified atom stereocenters. The molecule has 0 saturated heterocycles. The summed E-state index contributed by atoms with van der Waals surface area (Å²) in [4.78, 5) is 21.6. The van der Waals surface area contributed by atoms with Crippen molar-refractivity contribution in [3.05, 3.63) is 102 Å². The summed E-state index contributed by atoms with van der Waals surface area (Å²) >= 11 is 0. The molecule has 45 heavy (non-hydrogen) atoms. The SMILES string of the molecule is CC/C(C)=C(/N=C(\NC(C)=NCCOCCOCCNC(=O)c1ccccc1)Nc1ccc2cn[nH]c2c1)Nc1ccccc1. The van der Waals surface area contributed by atoms with E-state index < -0.39 is 0 Å². The summed E-state index contributed by atoms with van der Waals surface area (Å²) in [5.74, 6) is 1.85. The van der Waals surface area contributed by atoms with Gasteiger partial charge in [-0.1, -0.05) is 43.3 Å². The number of aromatic nitrogens is 2. The third-order valence-corrected chi connectivity index (χ3v) is 6.72. The summed E-state index contributed by atoms with van der Waals surface area (Å²) in [6, 6.07) is 25.0. The van der Waals surface area contributed by atoms with E-state index in [1.54, 1.807) is 18.3 Å². The first-order valence-electron chi connectivity index (χ1n) is 15.1. The maximum Gasteiger partial charge on any atom is 0.251 e. The Bertz CT molecular complexity index is 1580. The lowest BCUT2D eigenvalue weighted by molar-refractivity contribution is 0.0512. The second-order valence-corrected chi connectivity index (χ2v) is 10.2. The number of anilines is 2. The van der Waals surface area contributed by atoms with Gasteiger partial charge in [-0.3, -0.25) is 14.9 Å². The van der Waals surface area contributed by atoms with E-state index >= 15 is 0 Å². The highest BCUT2D eigenvalue weighted by atomic mass is 16.5. The molecular weight excluding hydrogens is 568 g/mol. The summed E-state index contributed by atoms with van der Waals surface area (Å²) in [6.45, 7) is 8.70. The van der Waals surface area contributed by atoms with E-state index in [9.17, 15) is 4.79 Å². The topological polar surface area (TPSA) is 137 Å². The van der Waals surface area contributed by atoms with Crippen LogP contribution in [0.1, 0.15) is 37.6 Å². The van der Waals surface area contributed by atoms with Gasteiger partial charge in [0.25, 0.3) is 5.91 Å². The molecule has 1 amide bonds. The second-order valence-electron chi connectivity index (χ2n) is 10.2. The van der Waals surface area contributed by atoms with Crippen LogP contribution in [0, 0.1) is 0 Å². The number of rotatable bonds is 15. The molecule has 0 fully saturated rings. The Balaban J connectivity index is 1.27. The van der Waals surface area contributed by atoms with Crippen LogP contribution in [0.3, 0.4) is 0 Å². The molecule has 0 spiro atoms. The molecule has 4 rings (SSSR count). The lowest BCUT2D eigenvalue weighted by atomic mass is 10.2. The number of aliphatic imine (C=N–C) groups is 2. The molecule has 0 bridgehead atoms. The van der Waals surface area contributed by atoms with E-state index in [-0.39, 0.29) is 5.91 Å². The minimum atomic E-state index is -0.111. The van der Waals surface area contributed by atoms with Crippen molar-refractivity contribution in [1.29, 1.82) is 0 Å². The number of allylic oxidation sites excluding steroid dienone is 1. The molecule has 236 valence electrons. The summed E-state index contributed by atoms with van der Waals surface area (Å²) in [7, 11) is 0. The van der Waals surface area contributed by atoms with Crippen molar-refractivity contribution in [2.75, 3.05) is 50.2 Å². The molecule has 0 aliphatic heterocycles. The quantitative estimate of drug-likeness (QED) is 0.0676. The summed E-state index contributed by atoms with van der Waals surface area (Å²) in [5.41, 5.74) is 4.46. The number of ether oxygens (including phenoxy) is 2. The zero-order valence-electron chi connectivity index (χ0n) is 26.1. The van der Waals surface area contributed by atoms with Crippen molar-refractivity contribution in [3.63, 3.8) is 0 Å². The van der Waals surface area contributed by atoms with Gasteiger partial charge in [0.2, 0.25) is 5.96 Å². The number of hydrogen-bond acceptors (Lipinski definition) is 7. The number of nitrogens with zero attached hydrogens (tertiary/aromatic N) is 3. The van der Waals surface area contributed by atoms with Crippen molar-refractivity contribution < 1.29 is 14.3 Å². The van der Waals surface area contributed by atoms with Crippen LogP contribution in [0.25, 0.3) is 10.9 Å². The zero-order valence-corrected chi connectivity index (χ0v) is 26.1. The van der Waals surface area contributed by atoms with Gasteiger partial charge in [-0.2, -0.15) is 10.1 Å². The molecule has 1 heterocycles. The molecule has 5 N–H and O–H groups in total. The van der Waals surface area contributed by atoms with Crippen LogP contribution in [-0.4, -0.2) is 67.4 Å². The Hall–Kier alpha value is -5.00. The van der Waals surface area contributed by atoms with Gasteiger partial charge in [0.15, 0.2) is 0 Å². The van der Waals surface area contributed by atoms with Crippen molar-refractivity contribution in [3.8, 4) is 0 Å². The number of H-pyrrole nitrogens is 1. The summed E-state index contributed by atoms with van der Waals surface area (Å²) in [5, 5.41) is 21.2.